The van der Waals surface area contributed by atoms with Gasteiger partial charge in [0, 0.05) is 24.4 Å². The van der Waals surface area contributed by atoms with Crippen LogP contribution in [0.3, 0.4) is 0 Å². The van der Waals surface area contributed by atoms with Crippen molar-refractivity contribution in [2.24, 2.45) is 0 Å². The minimum atomic E-state index is -0.233. The van der Waals surface area contributed by atoms with Crippen LogP contribution in [0.2, 0.25) is 0 Å². The zero-order chi connectivity index (χ0) is 22.0. The van der Waals surface area contributed by atoms with Crippen LogP contribution in [0.4, 0.5) is 0 Å². The van der Waals surface area contributed by atoms with Crippen LogP contribution in [0.1, 0.15) is 44.1 Å². The number of carbonyl (C=O) groups excluding carboxylic acids is 1. The fraction of sp³-hybridized carbons (Fsp3) is 0.304. The molecule has 2 aromatic heterocycles. The molecule has 0 saturated heterocycles. The van der Waals surface area contributed by atoms with Gasteiger partial charge < -0.3 is 14.8 Å². The van der Waals surface area contributed by atoms with Crippen LogP contribution in [-0.2, 0) is 24.3 Å². The Morgan fingerprint density at radius 1 is 1.35 bits per heavy atom. The van der Waals surface area contributed by atoms with E-state index in [-0.39, 0.29) is 5.97 Å². The Morgan fingerprint density at radius 3 is 2.97 bits per heavy atom. The van der Waals surface area contributed by atoms with E-state index in [2.05, 4.69) is 21.4 Å². The summed E-state index contributed by atoms with van der Waals surface area (Å²) in [6, 6.07) is 7.66. The summed E-state index contributed by atoms with van der Waals surface area (Å²) in [6.45, 7) is 5.72. The standard InChI is InChI=1S/C23H23N5O3/c1-14-16(4-5-19-20(14)13-31-23(19)29)6-7-25-11-18-12-28(15(2)27-18)22-8-21(30-3)17(9-24)10-26-22/h4-5,8,10,12,25H,6-7,11,13H2,1-3H3. The first-order valence-electron chi connectivity index (χ1n) is 10.0. The van der Waals surface area contributed by atoms with Gasteiger partial charge in [0.15, 0.2) is 0 Å². The Balaban J connectivity index is 1.39. The predicted octanol–water partition coefficient (Wildman–Crippen LogP) is 2.77. The van der Waals surface area contributed by atoms with Crippen LogP contribution in [0.25, 0.3) is 5.82 Å². The van der Waals surface area contributed by atoms with Crippen LogP contribution in [0.15, 0.2) is 30.6 Å². The Morgan fingerprint density at radius 2 is 2.19 bits per heavy atom. The second kappa shape index (κ2) is 8.58. The molecule has 0 radical (unpaired) electrons. The smallest absolute Gasteiger partial charge is 0.338 e. The van der Waals surface area contributed by atoms with Gasteiger partial charge in [0.05, 0.1) is 24.6 Å². The monoisotopic (exact) mass is 417 g/mol. The Bertz CT molecular complexity index is 1190. The third kappa shape index (κ3) is 4.00. The maximum Gasteiger partial charge on any atom is 0.338 e. The number of pyridine rings is 1. The number of rotatable bonds is 7. The van der Waals surface area contributed by atoms with Crippen molar-refractivity contribution in [2.45, 2.75) is 33.4 Å². The highest BCUT2D eigenvalue weighted by Crippen LogP contribution is 2.26. The first-order valence-corrected chi connectivity index (χ1v) is 10.0. The van der Waals surface area contributed by atoms with Crippen molar-refractivity contribution in [1.82, 2.24) is 19.9 Å². The quantitative estimate of drug-likeness (QED) is 0.466. The zero-order valence-corrected chi connectivity index (χ0v) is 17.7. The molecule has 1 aliphatic heterocycles. The highest BCUT2D eigenvalue weighted by atomic mass is 16.5. The number of nitrogens with zero attached hydrogens (tertiary/aromatic N) is 4. The summed E-state index contributed by atoms with van der Waals surface area (Å²) in [5.74, 6) is 1.70. The first kappa shape index (κ1) is 20.6. The SMILES string of the molecule is COc1cc(-n2cc(CNCCc3ccc4c(c3C)COC4=O)nc2C)ncc1C#N. The molecule has 0 spiro atoms. The number of carbonyl (C=O) groups is 1. The van der Waals surface area contributed by atoms with E-state index in [0.29, 0.717) is 35.8 Å². The molecule has 8 heteroatoms. The summed E-state index contributed by atoms with van der Waals surface area (Å²) in [5, 5.41) is 12.6. The summed E-state index contributed by atoms with van der Waals surface area (Å²) in [7, 11) is 1.53. The molecule has 31 heavy (non-hydrogen) atoms. The Hall–Kier alpha value is -3.70. The van der Waals surface area contributed by atoms with Crippen molar-refractivity contribution in [2.75, 3.05) is 13.7 Å². The summed E-state index contributed by atoms with van der Waals surface area (Å²) >= 11 is 0. The number of aromatic nitrogens is 3. The van der Waals surface area contributed by atoms with Gasteiger partial charge in [-0.15, -0.1) is 0 Å². The van der Waals surface area contributed by atoms with Gasteiger partial charge in [0.2, 0.25) is 0 Å². The van der Waals surface area contributed by atoms with Gasteiger partial charge in [-0.1, -0.05) is 6.07 Å². The molecule has 4 rings (SSSR count). The molecule has 0 aliphatic carbocycles. The number of hydrogen-bond donors (Lipinski definition) is 1. The fourth-order valence-corrected chi connectivity index (χ4v) is 3.77. The van der Waals surface area contributed by atoms with Gasteiger partial charge in [-0.25, -0.2) is 14.8 Å². The highest BCUT2D eigenvalue weighted by Gasteiger charge is 2.23. The first-order chi connectivity index (χ1) is 15.0. The third-order valence-electron chi connectivity index (χ3n) is 5.53. The van der Waals surface area contributed by atoms with E-state index in [1.54, 1.807) is 6.07 Å². The van der Waals surface area contributed by atoms with Crippen LogP contribution >= 0.6 is 0 Å². The van der Waals surface area contributed by atoms with Crippen molar-refractivity contribution in [3.8, 4) is 17.6 Å². The lowest BCUT2D eigenvalue weighted by atomic mass is 9.97. The molecule has 158 valence electrons. The van der Waals surface area contributed by atoms with Crippen molar-refractivity contribution in [3.05, 3.63) is 69.9 Å². The Kier molecular flexibility index (Phi) is 5.69. The highest BCUT2D eigenvalue weighted by molar-refractivity contribution is 5.93. The third-order valence-corrected chi connectivity index (χ3v) is 5.53. The van der Waals surface area contributed by atoms with Gasteiger partial charge in [-0.2, -0.15) is 5.26 Å². The van der Waals surface area contributed by atoms with Crippen LogP contribution in [0.5, 0.6) is 5.75 Å². The second-order valence-electron chi connectivity index (χ2n) is 7.38. The lowest BCUT2D eigenvalue weighted by Crippen LogP contribution is -2.17. The van der Waals surface area contributed by atoms with Gasteiger partial charge in [-0.05, 0) is 44.0 Å². The van der Waals surface area contributed by atoms with Crippen LogP contribution in [0, 0.1) is 25.2 Å². The lowest BCUT2D eigenvalue weighted by molar-refractivity contribution is 0.0535. The molecule has 3 heterocycles. The zero-order valence-electron chi connectivity index (χ0n) is 17.7. The fourth-order valence-electron chi connectivity index (χ4n) is 3.77. The molecule has 0 fully saturated rings. The topological polar surface area (TPSA) is 102 Å². The molecular formula is C23H23N5O3. The van der Waals surface area contributed by atoms with E-state index in [1.165, 1.54) is 18.9 Å². The van der Waals surface area contributed by atoms with Crippen LogP contribution < -0.4 is 10.1 Å². The van der Waals surface area contributed by atoms with E-state index in [1.807, 2.05) is 36.7 Å². The van der Waals surface area contributed by atoms with Gasteiger partial charge in [0.25, 0.3) is 0 Å². The van der Waals surface area contributed by atoms with Crippen molar-refractivity contribution < 1.29 is 14.3 Å². The number of benzene rings is 1. The van der Waals surface area contributed by atoms with E-state index in [4.69, 9.17) is 14.7 Å². The van der Waals surface area contributed by atoms with Crippen molar-refractivity contribution in [1.29, 1.82) is 5.26 Å². The number of esters is 1. The number of nitrogens with one attached hydrogen (secondary N) is 1. The largest absolute Gasteiger partial charge is 0.495 e. The molecule has 0 amide bonds. The average molecular weight is 417 g/mol. The number of cyclic esters (lactones) is 1. The Labute approximate surface area is 180 Å². The molecule has 1 aromatic carbocycles. The molecule has 0 atom stereocenters. The second-order valence-corrected chi connectivity index (χ2v) is 7.38. The van der Waals surface area contributed by atoms with Crippen molar-refractivity contribution >= 4 is 5.97 Å². The van der Waals surface area contributed by atoms with E-state index in [9.17, 15) is 4.79 Å². The molecule has 3 aromatic rings. The summed E-state index contributed by atoms with van der Waals surface area (Å²) < 4.78 is 12.3. The minimum absolute atomic E-state index is 0.233. The van der Waals surface area contributed by atoms with E-state index < -0.39 is 0 Å². The number of nitriles is 1. The average Bonchev–Trinajstić information content (AvgIpc) is 3.34. The summed E-state index contributed by atoms with van der Waals surface area (Å²) in [6.07, 6.45) is 4.28. The molecule has 1 aliphatic rings. The van der Waals surface area contributed by atoms with Gasteiger partial charge >= 0.3 is 5.97 Å². The van der Waals surface area contributed by atoms with E-state index >= 15 is 0 Å². The van der Waals surface area contributed by atoms with Gasteiger partial charge in [0.1, 0.15) is 35.6 Å². The number of hydrogen-bond acceptors (Lipinski definition) is 7. The number of imidazole rings is 1. The van der Waals surface area contributed by atoms with Crippen LogP contribution in [-0.4, -0.2) is 34.2 Å². The number of fused-ring (bicyclic) bond motifs is 1. The van der Waals surface area contributed by atoms with Crippen molar-refractivity contribution in [3.63, 3.8) is 0 Å². The molecule has 0 unspecified atom stereocenters. The normalized spacial score (nSPS) is 12.4. The summed E-state index contributed by atoms with van der Waals surface area (Å²) in [4.78, 5) is 20.6. The maximum absolute atomic E-state index is 11.7. The molecular weight excluding hydrogens is 394 g/mol. The molecule has 8 nitrogen and oxygen atoms in total. The number of aryl methyl sites for hydroxylation is 1. The predicted molar refractivity (Wildman–Crippen MR) is 113 cm³/mol. The minimum Gasteiger partial charge on any atom is -0.495 e. The molecule has 1 N–H and O–H groups in total. The number of ether oxygens (including phenoxy) is 2. The molecule has 0 bridgehead atoms. The maximum atomic E-state index is 11.7. The summed E-state index contributed by atoms with van der Waals surface area (Å²) in [5.41, 5.74) is 5.31. The molecule has 0 saturated carbocycles. The van der Waals surface area contributed by atoms with E-state index in [0.717, 1.165) is 35.6 Å². The lowest BCUT2D eigenvalue weighted by Gasteiger charge is -2.09. The van der Waals surface area contributed by atoms with Gasteiger partial charge in [-0.3, -0.25) is 4.57 Å². The number of methoxy groups -OCH3 is 1.